The predicted molar refractivity (Wildman–Crippen MR) is 102 cm³/mol. The number of carbonyl (C=O) groups is 2. The van der Waals surface area contributed by atoms with Gasteiger partial charge in [0.15, 0.2) is 11.5 Å². The molecule has 1 heterocycles. The van der Waals surface area contributed by atoms with Crippen LogP contribution in [0.5, 0.6) is 11.5 Å². The Balaban J connectivity index is 1.46. The van der Waals surface area contributed by atoms with Crippen molar-refractivity contribution in [3.63, 3.8) is 0 Å². The van der Waals surface area contributed by atoms with E-state index in [2.05, 4.69) is 16.0 Å². The van der Waals surface area contributed by atoms with Gasteiger partial charge >= 0.3 is 6.03 Å². The van der Waals surface area contributed by atoms with Gasteiger partial charge in [-0.1, -0.05) is 23.7 Å². The lowest BCUT2D eigenvalue weighted by Gasteiger charge is -2.19. The minimum atomic E-state index is -0.613. The van der Waals surface area contributed by atoms with Crippen LogP contribution in [0.2, 0.25) is 5.02 Å². The van der Waals surface area contributed by atoms with E-state index in [1.807, 2.05) is 19.1 Å². The molecule has 0 radical (unpaired) electrons. The standard InChI is InChI=1S/C19H20ClN3O4/c1-12(13-2-4-14(20)5-3-13)21-11-18(24)23-19(25)22-15-6-7-16-17(10-15)27-9-8-26-16/h2-7,10,12,21H,8-9,11H2,1H3,(H2,22,23,24,25)/t12-/m0/s1. The van der Waals surface area contributed by atoms with Gasteiger partial charge in [0, 0.05) is 22.8 Å². The van der Waals surface area contributed by atoms with E-state index in [-0.39, 0.29) is 12.6 Å². The smallest absolute Gasteiger partial charge is 0.325 e. The van der Waals surface area contributed by atoms with Crippen molar-refractivity contribution in [1.82, 2.24) is 10.6 Å². The van der Waals surface area contributed by atoms with Gasteiger partial charge in [-0.05, 0) is 36.8 Å². The summed E-state index contributed by atoms with van der Waals surface area (Å²) in [6.07, 6.45) is 0. The predicted octanol–water partition coefficient (Wildman–Crippen LogP) is 3.11. The van der Waals surface area contributed by atoms with Crippen LogP contribution < -0.4 is 25.4 Å². The van der Waals surface area contributed by atoms with E-state index < -0.39 is 11.9 Å². The van der Waals surface area contributed by atoms with E-state index in [9.17, 15) is 9.59 Å². The molecular weight excluding hydrogens is 370 g/mol. The number of imide groups is 1. The van der Waals surface area contributed by atoms with Crippen LogP contribution in [0.1, 0.15) is 18.5 Å². The van der Waals surface area contributed by atoms with Crippen LogP contribution in [0.15, 0.2) is 42.5 Å². The van der Waals surface area contributed by atoms with E-state index >= 15 is 0 Å². The third-order valence-corrected chi connectivity index (χ3v) is 4.24. The molecule has 0 saturated carbocycles. The number of anilines is 1. The van der Waals surface area contributed by atoms with Crippen molar-refractivity contribution in [3.05, 3.63) is 53.1 Å². The van der Waals surface area contributed by atoms with E-state index in [1.54, 1.807) is 30.3 Å². The Bertz CT molecular complexity index is 826. The summed E-state index contributed by atoms with van der Waals surface area (Å²) >= 11 is 5.86. The van der Waals surface area contributed by atoms with Crippen molar-refractivity contribution in [2.75, 3.05) is 25.1 Å². The molecule has 1 atom stereocenters. The Hall–Kier alpha value is -2.77. The summed E-state index contributed by atoms with van der Waals surface area (Å²) in [5.41, 5.74) is 1.50. The fourth-order valence-corrected chi connectivity index (χ4v) is 2.70. The van der Waals surface area contributed by atoms with Crippen LogP contribution in [0.25, 0.3) is 0 Å². The van der Waals surface area contributed by atoms with E-state index in [0.29, 0.717) is 35.4 Å². The zero-order valence-electron chi connectivity index (χ0n) is 14.8. The van der Waals surface area contributed by atoms with E-state index in [4.69, 9.17) is 21.1 Å². The molecule has 0 aliphatic carbocycles. The molecule has 142 valence electrons. The molecule has 2 aromatic carbocycles. The average molecular weight is 390 g/mol. The number of hydrogen-bond donors (Lipinski definition) is 3. The molecule has 0 unspecified atom stereocenters. The Kier molecular flexibility index (Phi) is 6.16. The number of rotatable bonds is 5. The van der Waals surface area contributed by atoms with E-state index in [0.717, 1.165) is 5.56 Å². The number of nitrogens with one attached hydrogen (secondary N) is 3. The van der Waals surface area contributed by atoms with Crippen LogP contribution in [0, 0.1) is 0 Å². The number of hydrogen-bond acceptors (Lipinski definition) is 5. The van der Waals surface area contributed by atoms with Crippen molar-refractivity contribution >= 4 is 29.2 Å². The molecule has 3 N–H and O–H groups in total. The van der Waals surface area contributed by atoms with Crippen LogP contribution in [0.3, 0.4) is 0 Å². The highest BCUT2D eigenvalue weighted by Crippen LogP contribution is 2.32. The molecule has 2 aromatic rings. The lowest BCUT2D eigenvalue weighted by atomic mass is 10.1. The van der Waals surface area contributed by atoms with Gasteiger partial charge in [0.1, 0.15) is 13.2 Å². The molecule has 3 rings (SSSR count). The Morgan fingerprint density at radius 1 is 1.07 bits per heavy atom. The molecule has 0 bridgehead atoms. The molecule has 3 amide bonds. The number of benzene rings is 2. The highest BCUT2D eigenvalue weighted by Gasteiger charge is 2.14. The first-order valence-corrected chi connectivity index (χ1v) is 8.88. The van der Waals surface area contributed by atoms with Gasteiger partial charge in [-0.2, -0.15) is 0 Å². The molecule has 1 aliphatic heterocycles. The largest absolute Gasteiger partial charge is 0.486 e. The molecule has 0 spiro atoms. The first-order valence-electron chi connectivity index (χ1n) is 8.50. The van der Waals surface area contributed by atoms with Gasteiger partial charge in [0.05, 0.1) is 6.54 Å². The van der Waals surface area contributed by atoms with Gasteiger partial charge in [0.2, 0.25) is 5.91 Å². The summed E-state index contributed by atoms with van der Waals surface area (Å²) in [6, 6.07) is 11.7. The highest BCUT2D eigenvalue weighted by molar-refractivity contribution is 6.30. The first kappa shape index (κ1) is 19.0. The molecule has 0 fully saturated rings. The van der Waals surface area contributed by atoms with Gasteiger partial charge in [0.25, 0.3) is 0 Å². The SMILES string of the molecule is C[C@H](NCC(=O)NC(=O)Nc1ccc2c(c1)OCCO2)c1ccc(Cl)cc1. The summed E-state index contributed by atoms with van der Waals surface area (Å²) in [7, 11) is 0. The van der Waals surface area contributed by atoms with Gasteiger partial charge in [-0.25, -0.2) is 4.79 Å². The van der Waals surface area contributed by atoms with Gasteiger partial charge < -0.3 is 20.1 Å². The fourth-order valence-electron chi connectivity index (χ4n) is 2.57. The monoisotopic (exact) mass is 389 g/mol. The van der Waals surface area contributed by atoms with Crippen molar-refractivity contribution < 1.29 is 19.1 Å². The first-order chi connectivity index (χ1) is 13.0. The second kappa shape index (κ2) is 8.75. The molecular formula is C19H20ClN3O4. The number of amides is 3. The Morgan fingerprint density at radius 2 is 1.78 bits per heavy atom. The summed E-state index contributed by atoms with van der Waals surface area (Å²) in [4.78, 5) is 24.0. The molecule has 8 heteroatoms. The minimum Gasteiger partial charge on any atom is -0.486 e. The summed E-state index contributed by atoms with van der Waals surface area (Å²) < 4.78 is 10.9. The van der Waals surface area contributed by atoms with Crippen LogP contribution in [-0.2, 0) is 4.79 Å². The van der Waals surface area contributed by atoms with Crippen molar-refractivity contribution in [2.24, 2.45) is 0 Å². The van der Waals surface area contributed by atoms with Crippen molar-refractivity contribution in [2.45, 2.75) is 13.0 Å². The quantitative estimate of drug-likeness (QED) is 0.731. The van der Waals surface area contributed by atoms with Gasteiger partial charge in [-0.15, -0.1) is 0 Å². The molecule has 7 nitrogen and oxygen atoms in total. The topological polar surface area (TPSA) is 88.7 Å². The van der Waals surface area contributed by atoms with Gasteiger partial charge in [-0.3, -0.25) is 10.1 Å². The fraction of sp³-hybridized carbons (Fsp3) is 0.263. The number of carbonyl (C=O) groups excluding carboxylic acids is 2. The normalized spacial score (nSPS) is 13.6. The maximum Gasteiger partial charge on any atom is 0.325 e. The third-order valence-electron chi connectivity index (χ3n) is 3.99. The number of fused-ring (bicyclic) bond motifs is 1. The van der Waals surface area contributed by atoms with Crippen LogP contribution in [0.4, 0.5) is 10.5 Å². The third kappa shape index (κ3) is 5.35. The lowest BCUT2D eigenvalue weighted by molar-refractivity contribution is -0.119. The maximum atomic E-state index is 12.0. The minimum absolute atomic E-state index is 0.00163. The Morgan fingerprint density at radius 3 is 2.52 bits per heavy atom. The van der Waals surface area contributed by atoms with E-state index in [1.165, 1.54) is 0 Å². The Labute approximate surface area is 162 Å². The molecule has 27 heavy (non-hydrogen) atoms. The summed E-state index contributed by atoms with van der Waals surface area (Å²) in [5.74, 6) is 0.748. The zero-order chi connectivity index (χ0) is 19.2. The van der Waals surface area contributed by atoms with Crippen molar-refractivity contribution in [3.8, 4) is 11.5 Å². The number of halogens is 1. The number of urea groups is 1. The van der Waals surface area contributed by atoms with Crippen LogP contribution in [-0.4, -0.2) is 31.7 Å². The maximum absolute atomic E-state index is 12.0. The lowest BCUT2D eigenvalue weighted by Crippen LogP contribution is -2.40. The molecule has 0 aromatic heterocycles. The molecule has 1 aliphatic rings. The number of ether oxygens (including phenoxy) is 2. The second-order valence-electron chi connectivity index (χ2n) is 6.01. The molecule has 0 saturated heterocycles. The van der Waals surface area contributed by atoms with Crippen molar-refractivity contribution in [1.29, 1.82) is 0 Å². The van der Waals surface area contributed by atoms with Crippen LogP contribution >= 0.6 is 11.6 Å². The summed E-state index contributed by atoms with van der Waals surface area (Å²) in [5, 5.41) is 8.59. The second-order valence-corrected chi connectivity index (χ2v) is 6.45. The highest BCUT2D eigenvalue weighted by atomic mass is 35.5. The zero-order valence-corrected chi connectivity index (χ0v) is 15.5. The summed E-state index contributed by atoms with van der Waals surface area (Å²) in [6.45, 7) is 2.87. The average Bonchev–Trinajstić information content (AvgIpc) is 2.66.